The fourth-order valence-electron chi connectivity index (χ4n) is 4.79. The van der Waals surface area contributed by atoms with Gasteiger partial charge in [0.1, 0.15) is 23.8 Å². The van der Waals surface area contributed by atoms with Crippen LogP contribution in [0.4, 0.5) is 0 Å². The van der Waals surface area contributed by atoms with E-state index in [1.54, 1.807) is 47.3 Å². The van der Waals surface area contributed by atoms with Crippen molar-refractivity contribution in [2.45, 2.75) is 51.3 Å². The number of imidazole rings is 1. The molecule has 9 heteroatoms. The van der Waals surface area contributed by atoms with Crippen molar-refractivity contribution in [1.29, 1.82) is 0 Å². The largest absolute Gasteiger partial charge is 0.490 e. The maximum absolute atomic E-state index is 13.4. The summed E-state index contributed by atoms with van der Waals surface area (Å²) < 4.78 is 14.4. The third-order valence-electron chi connectivity index (χ3n) is 6.91. The molecule has 1 fully saturated rings. The van der Waals surface area contributed by atoms with E-state index in [4.69, 9.17) is 21.1 Å². The first-order valence-corrected chi connectivity index (χ1v) is 13.7. The van der Waals surface area contributed by atoms with Crippen LogP contribution in [-0.4, -0.2) is 70.1 Å². The average molecular weight is 553 g/mol. The molecule has 1 atom stereocenters. The SMILES string of the molecule is CC(C)c1nccn1CCC(=O)N1CCOC(COc2ccc(Cl)cc2)(CC(=O)N(C)Cc2ccccc2)C1. The Hall–Kier alpha value is -3.36. The molecule has 2 heterocycles. The zero-order valence-corrected chi connectivity index (χ0v) is 23.6. The quantitative estimate of drug-likeness (QED) is 0.342. The van der Waals surface area contributed by atoms with Gasteiger partial charge in [0.15, 0.2) is 0 Å². The highest BCUT2D eigenvalue weighted by molar-refractivity contribution is 6.30. The summed E-state index contributed by atoms with van der Waals surface area (Å²) in [5.41, 5.74) is 0.0645. The summed E-state index contributed by atoms with van der Waals surface area (Å²) in [6.45, 7) is 6.40. The lowest BCUT2D eigenvalue weighted by Crippen LogP contribution is -2.58. The number of halogens is 1. The predicted octanol–water partition coefficient (Wildman–Crippen LogP) is 4.78. The molecular formula is C30H37ClN4O4. The Bertz CT molecular complexity index is 1230. The van der Waals surface area contributed by atoms with Gasteiger partial charge in [-0.05, 0) is 29.8 Å². The molecule has 1 aromatic heterocycles. The van der Waals surface area contributed by atoms with E-state index in [9.17, 15) is 9.59 Å². The van der Waals surface area contributed by atoms with Gasteiger partial charge in [-0.3, -0.25) is 9.59 Å². The summed E-state index contributed by atoms with van der Waals surface area (Å²) in [5.74, 6) is 1.80. The molecule has 1 aliphatic heterocycles. The molecule has 39 heavy (non-hydrogen) atoms. The molecule has 1 unspecified atom stereocenters. The molecule has 1 saturated heterocycles. The standard InChI is InChI=1S/C30H37ClN4O4/c1-23(2)29-32-14-16-34(29)15-13-27(36)35-17-18-39-30(21-35,22-38-26-11-9-25(31)10-12-26)19-28(37)33(3)20-24-7-5-4-6-8-24/h4-12,14,16,23H,13,15,17-22H2,1-3H3. The Balaban J connectivity index is 1.46. The normalized spacial score (nSPS) is 17.3. The molecule has 2 aromatic carbocycles. The molecule has 4 rings (SSSR count). The van der Waals surface area contributed by atoms with Crippen LogP contribution in [0.5, 0.6) is 5.75 Å². The number of hydrogen-bond donors (Lipinski definition) is 0. The van der Waals surface area contributed by atoms with Crippen LogP contribution in [0.15, 0.2) is 67.0 Å². The van der Waals surface area contributed by atoms with Crippen LogP contribution >= 0.6 is 11.6 Å². The summed E-state index contributed by atoms with van der Waals surface area (Å²) in [5, 5.41) is 0.610. The predicted molar refractivity (Wildman–Crippen MR) is 151 cm³/mol. The zero-order chi connectivity index (χ0) is 27.8. The van der Waals surface area contributed by atoms with Gasteiger partial charge < -0.3 is 23.8 Å². The highest BCUT2D eigenvalue weighted by Gasteiger charge is 2.42. The zero-order valence-electron chi connectivity index (χ0n) is 22.9. The van der Waals surface area contributed by atoms with E-state index in [1.807, 2.05) is 41.1 Å². The van der Waals surface area contributed by atoms with Gasteiger partial charge in [-0.1, -0.05) is 55.8 Å². The van der Waals surface area contributed by atoms with Crippen molar-refractivity contribution < 1.29 is 19.1 Å². The van der Waals surface area contributed by atoms with Crippen LogP contribution in [-0.2, 0) is 27.4 Å². The minimum Gasteiger partial charge on any atom is -0.490 e. The van der Waals surface area contributed by atoms with Crippen LogP contribution in [0.2, 0.25) is 5.02 Å². The van der Waals surface area contributed by atoms with E-state index in [1.165, 1.54) is 0 Å². The lowest BCUT2D eigenvalue weighted by atomic mass is 9.96. The van der Waals surface area contributed by atoms with E-state index in [2.05, 4.69) is 18.8 Å². The Kier molecular flexibility index (Phi) is 9.64. The second-order valence-electron chi connectivity index (χ2n) is 10.4. The fourth-order valence-corrected chi connectivity index (χ4v) is 4.92. The molecule has 208 valence electrons. The van der Waals surface area contributed by atoms with Crippen molar-refractivity contribution in [3.63, 3.8) is 0 Å². The van der Waals surface area contributed by atoms with Gasteiger partial charge in [-0.15, -0.1) is 0 Å². The maximum atomic E-state index is 13.4. The highest BCUT2D eigenvalue weighted by atomic mass is 35.5. The van der Waals surface area contributed by atoms with Gasteiger partial charge in [0.25, 0.3) is 0 Å². The number of nitrogens with zero attached hydrogens (tertiary/aromatic N) is 4. The number of amides is 2. The Morgan fingerprint density at radius 3 is 2.62 bits per heavy atom. The molecule has 0 aliphatic carbocycles. The minimum absolute atomic E-state index is 0.0164. The van der Waals surface area contributed by atoms with Crippen LogP contribution in [0.1, 0.15) is 44.0 Å². The van der Waals surface area contributed by atoms with E-state index in [0.29, 0.717) is 43.4 Å². The number of carbonyl (C=O) groups excluding carboxylic acids is 2. The van der Waals surface area contributed by atoms with E-state index in [0.717, 1.165) is 11.4 Å². The third-order valence-corrected chi connectivity index (χ3v) is 7.16. The number of morpholine rings is 1. The topological polar surface area (TPSA) is 76.9 Å². The fraction of sp³-hybridized carbons (Fsp3) is 0.433. The number of aromatic nitrogens is 2. The maximum Gasteiger partial charge on any atom is 0.225 e. The van der Waals surface area contributed by atoms with Gasteiger partial charge in [0.05, 0.1) is 19.6 Å². The van der Waals surface area contributed by atoms with Crippen LogP contribution in [0, 0.1) is 0 Å². The third kappa shape index (κ3) is 7.83. The molecular weight excluding hydrogens is 516 g/mol. The van der Waals surface area contributed by atoms with Crippen molar-refractivity contribution in [2.75, 3.05) is 33.4 Å². The van der Waals surface area contributed by atoms with E-state index < -0.39 is 5.60 Å². The molecule has 0 bridgehead atoms. The first-order valence-electron chi connectivity index (χ1n) is 13.3. The molecule has 2 amide bonds. The molecule has 0 spiro atoms. The van der Waals surface area contributed by atoms with Gasteiger partial charge in [-0.2, -0.15) is 0 Å². The van der Waals surface area contributed by atoms with Crippen molar-refractivity contribution in [2.24, 2.45) is 0 Å². The first-order chi connectivity index (χ1) is 18.7. The van der Waals surface area contributed by atoms with Gasteiger partial charge in [0, 0.05) is 56.4 Å². The van der Waals surface area contributed by atoms with E-state index >= 15 is 0 Å². The van der Waals surface area contributed by atoms with Gasteiger partial charge in [-0.25, -0.2) is 4.98 Å². The van der Waals surface area contributed by atoms with Gasteiger partial charge >= 0.3 is 0 Å². The van der Waals surface area contributed by atoms with Crippen molar-refractivity contribution in [3.05, 3.63) is 83.4 Å². The van der Waals surface area contributed by atoms with Crippen molar-refractivity contribution in [3.8, 4) is 5.75 Å². The van der Waals surface area contributed by atoms with Crippen LogP contribution in [0.25, 0.3) is 0 Å². The second-order valence-corrected chi connectivity index (χ2v) is 10.8. The Morgan fingerprint density at radius 2 is 1.90 bits per heavy atom. The number of aryl methyl sites for hydroxylation is 1. The number of ether oxygens (including phenoxy) is 2. The Labute approximate surface area is 235 Å². The molecule has 1 aliphatic rings. The van der Waals surface area contributed by atoms with Crippen molar-refractivity contribution >= 4 is 23.4 Å². The minimum atomic E-state index is -0.978. The summed E-state index contributed by atoms with van der Waals surface area (Å²) in [6.07, 6.45) is 4.11. The lowest BCUT2D eigenvalue weighted by Gasteiger charge is -2.42. The molecule has 0 N–H and O–H groups in total. The summed E-state index contributed by atoms with van der Waals surface area (Å²) in [7, 11) is 1.78. The molecule has 0 radical (unpaired) electrons. The van der Waals surface area contributed by atoms with Gasteiger partial charge in [0.2, 0.25) is 11.8 Å². The first kappa shape index (κ1) is 28.6. The summed E-state index contributed by atoms with van der Waals surface area (Å²) >= 11 is 6.03. The smallest absolute Gasteiger partial charge is 0.225 e. The Morgan fingerprint density at radius 1 is 1.15 bits per heavy atom. The summed E-state index contributed by atoms with van der Waals surface area (Å²) in [6, 6.07) is 16.9. The number of hydrogen-bond acceptors (Lipinski definition) is 5. The lowest BCUT2D eigenvalue weighted by molar-refractivity contribution is -0.165. The second kappa shape index (κ2) is 13.1. The monoisotopic (exact) mass is 552 g/mol. The molecule has 8 nitrogen and oxygen atoms in total. The van der Waals surface area contributed by atoms with Crippen LogP contribution < -0.4 is 4.74 Å². The number of benzene rings is 2. The molecule has 3 aromatic rings. The highest BCUT2D eigenvalue weighted by Crippen LogP contribution is 2.27. The molecule has 0 saturated carbocycles. The number of rotatable bonds is 11. The van der Waals surface area contributed by atoms with Crippen molar-refractivity contribution in [1.82, 2.24) is 19.4 Å². The number of carbonyl (C=O) groups is 2. The van der Waals surface area contributed by atoms with Crippen LogP contribution in [0.3, 0.4) is 0 Å². The summed E-state index contributed by atoms with van der Waals surface area (Å²) in [4.78, 5) is 34.6. The average Bonchev–Trinajstić information content (AvgIpc) is 3.41. The van der Waals surface area contributed by atoms with E-state index in [-0.39, 0.29) is 37.3 Å².